The van der Waals surface area contributed by atoms with E-state index in [0.717, 1.165) is 43.7 Å². The van der Waals surface area contributed by atoms with Gasteiger partial charge in [0.25, 0.3) is 0 Å². The molecular formula is C44H32N4. The molecule has 2 heterocycles. The number of rotatable bonds is 2. The van der Waals surface area contributed by atoms with E-state index in [0.29, 0.717) is 11.6 Å². The van der Waals surface area contributed by atoms with Crippen molar-refractivity contribution >= 4 is 32.6 Å². The quantitative estimate of drug-likeness (QED) is 0.181. The Labute approximate surface area is 279 Å². The number of hydrogen-bond acceptors (Lipinski definition) is 4. The van der Waals surface area contributed by atoms with Crippen LogP contribution in [-0.4, -0.2) is 19.9 Å². The van der Waals surface area contributed by atoms with Crippen LogP contribution in [0.3, 0.4) is 0 Å². The summed E-state index contributed by atoms with van der Waals surface area (Å²) in [5, 5.41) is 4.18. The Kier molecular flexibility index (Phi) is 5.37. The first-order valence-electron chi connectivity index (χ1n) is 16.6. The lowest BCUT2D eigenvalue weighted by Crippen LogP contribution is -2.14. The van der Waals surface area contributed by atoms with E-state index in [2.05, 4.69) is 137 Å². The molecule has 2 aromatic heterocycles. The fourth-order valence-corrected chi connectivity index (χ4v) is 8.47. The van der Waals surface area contributed by atoms with Crippen molar-refractivity contribution in [2.45, 2.75) is 38.5 Å². The van der Waals surface area contributed by atoms with Crippen LogP contribution in [0.2, 0.25) is 0 Å². The fraction of sp³-hybridized carbons (Fsp3) is 0.136. The summed E-state index contributed by atoms with van der Waals surface area (Å²) in [5.41, 5.74) is 14.0. The molecule has 48 heavy (non-hydrogen) atoms. The van der Waals surface area contributed by atoms with Gasteiger partial charge in [-0.15, -0.1) is 0 Å². The van der Waals surface area contributed by atoms with Gasteiger partial charge in [-0.2, -0.15) is 0 Å². The Morgan fingerprint density at radius 1 is 0.396 bits per heavy atom. The zero-order valence-corrected chi connectivity index (χ0v) is 27.3. The minimum absolute atomic E-state index is 0.0491. The van der Waals surface area contributed by atoms with Crippen LogP contribution >= 0.6 is 0 Å². The first-order chi connectivity index (χ1) is 23.3. The van der Waals surface area contributed by atoms with Crippen LogP contribution < -0.4 is 0 Å². The molecule has 8 aromatic rings. The average Bonchev–Trinajstić information content (AvgIpc) is 3.50. The van der Waals surface area contributed by atoms with Crippen molar-refractivity contribution in [3.8, 4) is 45.0 Å². The van der Waals surface area contributed by atoms with Crippen LogP contribution in [0.15, 0.2) is 122 Å². The predicted octanol–water partition coefficient (Wildman–Crippen LogP) is 10.7. The summed E-state index contributed by atoms with van der Waals surface area (Å²) in [5.74, 6) is 1.39. The van der Waals surface area contributed by atoms with E-state index in [1.54, 1.807) is 0 Å². The van der Waals surface area contributed by atoms with Crippen molar-refractivity contribution in [3.05, 3.63) is 144 Å². The molecule has 0 aliphatic heterocycles. The molecule has 0 N–H and O–H groups in total. The maximum Gasteiger partial charge on any atom is 0.159 e. The highest BCUT2D eigenvalue weighted by molar-refractivity contribution is 6.23. The summed E-state index contributed by atoms with van der Waals surface area (Å²) in [6.07, 6.45) is 3.95. The molecule has 6 aromatic carbocycles. The summed E-state index contributed by atoms with van der Waals surface area (Å²) in [6, 6.07) is 39.2. The van der Waals surface area contributed by atoms with Crippen molar-refractivity contribution in [3.63, 3.8) is 0 Å². The van der Waals surface area contributed by atoms with Crippen molar-refractivity contribution in [1.29, 1.82) is 0 Å². The lowest BCUT2D eigenvalue weighted by atomic mass is 9.82. The van der Waals surface area contributed by atoms with Crippen molar-refractivity contribution in [1.82, 2.24) is 19.9 Å². The van der Waals surface area contributed by atoms with Crippen LogP contribution in [0.4, 0.5) is 0 Å². The standard InChI is InChI=1S/C44H32N4/c1-43(2)35-15-9-7-13-29(35)31-21-25(17-19-37(31)43)41-45-23-33-27-11-5-6-12-28(27)34-24-46-42(48-40(34)39(33)47-41)26-18-20-38-32(22-26)30-14-8-10-16-36(30)44(38,3)4/h5-24H,1-4H3. The summed E-state index contributed by atoms with van der Waals surface area (Å²) < 4.78 is 0. The second-order valence-electron chi connectivity index (χ2n) is 14.3. The Balaban J connectivity index is 1.18. The Morgan fingerprint density at radius 2 is 0.792 bits per heavy atom. The number of benzene rings is 6. The Hall–Kier alpha value is -5.74. The lowest BCUT2D eigenvalue weighted by Gasteiger charge is -2.21. The van der Waals surface area contributed by atoms with Gasteiger partial charge in [0.2, 0.25) is 0 Å². The third-order valence-corrected chi connectivity index (χ3v) is 11.0. The number of aromatic nitrogens is 4. The molecule has 0 bridgehead atoms. The van der Waals surface area contributed by atoms with Gasteiger partial charge in [0, 0.05) is 45.1 Å². The van der Waals surface area contributed by atoms with Gasteiger partial charge in [0.05, 0.1) is 0 Å². The Bertz CT molecular complexity index is 2500. The fourth-order valence-electron chi connectivity index (χ4n) is 8.47. The summed E-state index contributed by atoms with van der Waals surface area (Å²) in [7, 11) is 0. The molecule has 4 heteroatoms. The third kappa shape index (κ3) is 3.60. The van der Waals surface area contributed by atoms with Gasteiger partial charge in [0.15, 0.2) is 11.6 Å². The number of hydrogen-bond donors (Lipinski definition) is 0. The average molecular weight is 617 g/mol. The van der Waals surface area contributed by atoms with E-state index in [1.807, 2.05) is 12.4 Å². The molecule has 0 atom stereocenters. The molecular weight excluding hydrogens is 585 g/mol. The molecule has 10 rings (SSSR count). The van der Waals surface area contributed by atoms with Crippen LogP contribution in [0, 0.1) is 0 Å². The van der Waals surface area contributed by atoms with Gasteiger partial charge >= 0.3 is 0 Å². The van der Waals surface area contributed by atoms with E-state index in [9.17, 15) is 0 Å². The minimum atomic E-state index is -0.0491. The summed E-state index contributed by atoms with van der Waals surface area (Å²) in [6.45, 7) is 9.22. The lowest BCUT2D eigenvalue weighted by molar-refractivity contribution is 0.660. The molecule has 0 fully saturated rings. The van der Waals surface area contributed by atoms with E-state index in [-0.39, 0.29) is 10.8 Å². The highest BCUT2D eigenvalue weighted by Gasteiger charge is 2.36. The van der Waals surface area contributed by atoms with Crippen LogP contribution in [-0.2, 0) is 10.8 Å². The van der Waals surface area contributed by atoms with Crippen molar-refractivity contribution < 1.29 is 0 Å². The molecule has 2 aliphatic rings. The zero-order chi connectivity index (χ0) is 32.4. The Morgan fingerprint density at radius 3 is 1.25 bits per heavy atom. The largest absolute Gasteiger partial charge is 0.236 e. The van der Waals surface area contributed by atoms with Crippen LogP contribution in [0.5, 0.6) is 0 Å². The van der Waals surface area contributed by atoms with E-state index in [4.69, 9.17) is 19.9 Å². The predicted molar refractivity (Wildman–Crippen MR) is 196 cm³/mol. The van der Waals surface area contributed by atoms with Crippen molar-refractivity contribution in [2.24, 2.45) is 0 Å². The smallest absolute Gasteiger partial charge is 0.159 e. The molecule has 0 saturated carbocycles. The van der Waals surface area contributed by atoms with Gasteiger partial charge in [0.1, 0.15) is 11.0 Å². The molecule has 228 valence electrons. The maximum atomic E-state index is 5.28. The normalized spacial score (nSPS) is 15.0. The second kappa shape index (κ2) is 9.42. The maximum absolute atomic E-state index is 5.28. The van der Waals surface area contributed by atoms with E-state index < -0.39 is 0 Å². The highest BCUT2D eigenvalue weighted by atomic mass is 14.9. The molecule has 0 unspecified atom stereocenters. The van der Waals surface area contributed by atoms with Gasteiger partial charge in [-0.1, -0.05) is 125 Å². The molecule has 0 radical (unpaired) electrons. The zero-order valence-electron chi connectivity index (χ0n) is 27.3. The molecule has 0 saturated heterocycles. The monoisotopic (exact) mass is 616 g/mol. The molecule has 0 spiro atoms. The molecule has 0 amide bonds. The summed E-state index contributed by atoms with van der Waals surface area (Å²) in [4.78, 5) is 20.5. The van der Waals surface area contributed by atoms with Gasteiger partial charge in [-0.3, -0.25) is 0 Å². The second-order valence-corrected chi connectivity index (χ2v) is 14.3. The molecule has 4 nitrogen and oxygen atoms in total. The topological polar surface area (TPSA) is 51.6 Å². The minimum Gasteiger partial charge on any atom is -0.236 e. The van der Waals surface area contributed by atoms with E-state index in [1.165, 1.54) is 44.5 Å². The van der Waals surface area contributed by atoms with Crippen LogP contribution in [0.25, 0.3) is 77.6 Å². The number of nitrogens with zero attached hydrogens (tertiary/aromatic N) is 4. The SMILES string of the molecule is CC1(C)c2ccccc2-c2cc(-c3ncc4c5ccccc5c5cnc(-c6ccc7c(c6)-c6ccccc6C7(C)C)nc5c4n3)ccc21. The van der Waals surface area contributed by atoms with E-state index >= 15 is 0 Å². The summed E-state index contributed by atoms with van der Waals surface area (Å²) >= 11 is 0. The van der Waals surface area contributed by atoms with Gasteiger partial charge in [-0.25, -0.2) is 19.9 Å². The molecule has 2 aliphatic carbocycles. The van der Waals surface area contributed by atoms with Gasteiger partial charge < -0.3 is 0 Å². The van der Waals surface area contributed by atoms with Gasteiger partial charge in [-0.05, 0) is 67.4 Å². The third-order valence-electron chi connectivity index (χ3n) is 11.0. The van der Waals surface area contributed by atoms with Crippen molar-refractivity contribution in [2.75, 3.05) is 0 Å². The highest BCUT2D eigenvalue weighted by Crippen LogP contribution is 2.50. The first-order valence-corrected chi connectivity index (χ1v) is 16.6. The number of fused-ring (bicyclic) bond motifs is 12. The first kappa shape index (κ1) is 27.4. The van der Waals surface area contributed by atoms with Crippen LogP contribution in [0.1, 0.15) is 49.9 Å².